The van der Waals surface area contributed by atoms with Crippen LogP contribution in [0.4, 0.5) is 0 Å². The van der Waals surface area contributed by atoms with Crippen LogP contribution < -0.4 is 11.4 Å². The molecule has 0 spiro atoms. The molecule has 1 saturated carbocycles. The van der Waals surface area contributed by atoms with Gasteiger partial charge >= 0.3 is 5.69 Å². The van der Waals surface area contributed by atoms with E-state index in [1.807, 2.05) is 6.07 Å². The molecule has 2 rings (SSSR count). The molecule has 0 aliphatic heterocycles. The summed E-state index contributed by atoms with van der Waals surface area (Å²) in [7, 11) is 0. The van der Waals surface area contributed by atoms with Crippen molar-refractivity contribution in [3.8, 4) is 0 Å². The quantitative estimate of drug-likeness (QED) is 0.767. The van der Waals surface area contributed by atoms with Crippen molar-refractivity contribution in [3.05, 3.63) is 27.9 Å². The molecule has 82 valence electrons. The summed E-state index contributed by atoms with van der Waals surface area (Å²) in [5.74, 6) is 0.464. The van der Waals surface area contributed by atoms with Crippen LogP contribution in [0, 0.1) is 0 Å². The van der Waals surface area contributed by atoms with Crippen LogP contribution in [0.2, 0.25) is 0 Å². The topological polar surface area (TPSA) is 71.8 Å². The minimum atomic E-state index is -0.265. The van der Waals surface area contributed by atoms with Crippen molar-refractivity contribution in [3.63, 3.8) is 0 Å². The molecule has 1 aliphatic carbocycles. The molecular formula is C11H17N3O. The number of nitrogens with two attached hydrogens (primary N) is 1. The first-order valence-corrected chi connectivity index (χ1v) is 5.60. The highest BCUT2D eigenvalue weighted by atomic mass is 16.1. The average molecular weight is 207 g/mol. The maximum absolute atomic E-state index is 11.3. The summed E-state index contributed by atoms with van der Waals surface area (Å²) >= 11 is 0. The van der Waals surface area contributed by atoms with E-state index in [-0.39, 0.29) is 5.69 Å². The van der Waals surface area contributed by atoms with Gasteiger partial charge < -0.3 is 10.7 Å². The summed E-state index contributed by atoms with van der Waals surface area (Å²) in [6, 6.07) is 1.94. The summed E-state index contributed by atoms with van der Waals surface area (Å²) in [5, 5.41) is 0. The van der Waals surface area contributed by atoms with E-state index in [4.69, 9.17) is 5.73 Å². The Morgan fingerprint density at radius 3 is 2.80 bits per heavy atom. The number of hydrogen-bond donors (Lipinski definition) is 2. The first-order valence-electron chi connectivity index (χ1n) is 5.60. The van der Waals surface area contributed by atoms with Gasteiger partial charge in [0.1, 0.15) is 0 Å². The zero-order valence-electron chi connectivity index (χ0n) is 8.83. The molecule has 0 radical (unpaired) electrons. The van der Waals surface area contributed by atoms with Gasteiger partial charge in [0.05, 0.1) is 5.69 Å². The Morgan fingerprint density at radius 1 is 1.40 bits per heavy atom. The van der Waals surface area contributed by atoms with Crippen molar-refractivity contribution in [2.45, 2.75) is 44.6 Å². The van der Waals surface area contributed by atoms with Crippen molar-refractivity contribution in [1.29, 1.82) is 0 Å². The first-order chi connectivity index (χ1) is 7.29. The zero-order valence-corrected chi connectivity index (χ0v) is 8.83. The largest absolute Gasteiger partial charge is 0.345 e. The predicted octanol–water partition coefficient (Wildman–Crippen LogP) is 1.28. The van der Waals surface area contributed by atoms with Crippen molar-refractivity contribution in [2.75, 3.05) is 0 Å². The van der Waals surface area contributed by atoms with Crippen LogP contribution in [0.3, 0.4) is 0 Å². The van der Waals surface area contributed by atoms with Crippen LogP contribution in [0.5, 0.6) is 0 Å². The summed E-state index contributed by atoms with van der Waals surface area (Å²) in [6.45, 7) is 0.372. The molecule has 4 nitrogen and oxygen atoms in total. The molecule has 0 atom stereocenters. The number of aromatic amines is 1. The lowest BCUT2D eigenvalue weighted by molar-refractivity contribution is 0.435. The number of nitrogens with zero attached hydrogens (tertiary/aromatic N) is 1. The van der Waals surface area contributed by atoms with E-state index in [0.717, 1.165) is 24.2 Å². The van der Waals surface area contributed by atoms with Crippen LogP contribution in [0.15, 0.2) is 10.9 Å². The molecule has 1 aromatic rings. The van der Waals surface area contributed by atoms with Crippen molar-refractivity contribution >= 4 is 0 Å². The number of hydrogen-bond acceptors (Lipinski definition) is 3. The van der Waals surface area contributed by atoms with Crippen LogP contribution >= 0.6 is 0 Å². The van der Waals surface area contributed by atoms with Gasteiger partial charge in [0.25, 0.3) is 0 Å². The molecule has 1 fully saturated rings. The summed E-state index contributed by atoms with van der Waals surface area (Å²) in [5.41, 5.74) is 6.97. The normalized spacial score (nSPS) is 17.9. The third-order valence-corrected chi connectivity index (χ3v) is 3.06. The molecule has 0 saturated heterocycles. The highest BCUT2D eigenvalue weighted by Gasteiger charge is 2.17. The summed E-state index contributed by atoms with van der Waals surface area (Å²) < 4.78 is 0. The lowest BCUT2D eigenvalue weighted by Gasteiger charge is -2.20. The van der Waals surface area contributed by atoms with Gasteiger partial charge in [-0.15, -0.1) is 0 Å². The Hall–Kier alpha value is -1.16. The van der Waals surface area contributed by atoms with Crippen LogP contribution in [0.1, 0.15) is 49.4 Å². The zero-order chi connectivity index (χ0) is 10.7. The Kier molecular flexibility index (Phi) is 3.16. The van der Waals surface area contributed by atoms with Crippen molar-refractivity contribution in [1.82, 2.24) is 9.97 Å². The minimum Gasteiger partial charge on any atom is -0.325 e. The van der Waals surface area contributed by atoms with E-state index in [1.165, 1.54) is 19.3 Å². The predicted molar refractivity (Wildman–Crippen MR) is 58.6 cm³/mol. The minimum absolute atomic E-state index is 0.265. The molecular weight excluding hydrogens is 190 g/mol. The summed E-state index contributed by atoms with van der Waals surface area (Å²) in [4.78, 5) is 18.0. The Bertz CT molecular complexity index is 380. The van der Waals surface area contributed by atoms with Gasteiger partial charge in [-0.25, -0.2) is 4.79 Å². The third kappa shape index (κ3) is 2.45. The Labute approximate surface area is 88.9 Å². The lowest BCUT2D eigenvalue weighted by atomic mass is 9.86. The van der Waals surface area contributed by atoms with Gasteiger partial charge in [-0.2, -0.15) is 4.98 Å². The molecule has 15 heavy (non-hydrogen) atoms. The van der Waals surface area contributed by atoms with Crippen molar-refractivity contribution < 1.29 is 0 Å². The highest BCUT2D eigenvalue weighted by Crippen LogP contribution is 2.30. The Morgan fingerprint density at radius 2 is 2.13 bits per heavy atom. The van der Waals surface area contributed by atoms with E-state index in [1.54, 1.807) is 0 Å². The number of rotatable bonds is 2. The number of aromatic nitrogens is 2. The molecule has 0 amide bonds. The van der Waals surface area contributed by atoms with Gasteiger partial charge in [-0.1, -0.05) is 19.3 Å². The fourth-order valence-electron chi connectivity index (χ4n) is 2.25. The molecule has 1 aliphatic rings. The second kappa shape index (κ2) is 4.57. The maximum Gasteiger partial charge on any atom is 0.345 e. The smallest absolute Gasteiger partial charge is 0.325 e. The van der Waals surface area contributed by atoms with Crippen LogP contribution in [0.25, 0.3) is 0 Å². The van der Waals surface area contributed by atoms with Crippen LogP contribution in [-0.4, -0.2) is 9.97 Å². The maximum atomic E-state index is 11.3. The van der Waals surface area contributed by atoms with Gasteiger partial charge in [-0.05, 0) is 18.9 Å². The fourth-order valence-corrected chi connectivity index (χ4v) is 2.25. The lowest BCUT2D eigenvalue weighted by Crippen LogP contribution is -2.19. The molecule has 4 heteroatoms. The Balaban J connectivity index is 2.26. The molecule has 3 N–H and O–H groups in total. The van der Waals surface area contributed by atoms with Crippen molar-refractivity contribution in [2.24, 2.45) is 5.73 Å². The van der Waals surface area contributed by atoms with Gasteiger partial charge in [-0.3, -0.25) is 0 Å². The highest BCUT2D eigenvalue weighted by molar-refractivity contribution is 5.13. The average Bonchev–Trinajstić information content (AvgIpc) is 2.29. The van der Waals surface area contributed by atoms with Gasteiger partial charge in [0, 0.05) is 18.2 Å². The fraction of sp³-hybridized carbons (Fsp3) is 0.636. The molecule has 1 heterocycles. The van der Waals surface area contributed by atoms with E-state index in [0.29, 0.717) is 12.5 Å². The SMILES string of the molecule is NCc1cc(C2CCCCC2)nc(=O)[nH]1. The molecule has 1 aromatic heterocycles. The van der Waals surface area contributed by atoms with Gasteiger partial charge in [0.15, 0.2) is 0 Å². The third-order valence-electron chi connectivity index (χ3n) is 3.06. The monoisotopic (exact) mass is 207 g/mol. The second-order valence-corrected chi connectivity index (χ2v) is 4.18. The first kappa shape index (κ1) is 10.4. The molecule has 0 bridgehead atoms. The molecule has 0 aromatic carbocycles. The molecule has 0 unspecified atom stereocenters. The second-order valence-electron chi connectivity index (χ2n) is 4.18. The van der Waals surface area contributed by atoms with E-state index in [9.17, 15) is 4.79 Å². The van der Waals surface area contributed by atoms with E-state index >= 15 is 0 Å². The number of nitrogens with one attached hydrogen (secondary N) is 1. The van der Waals surface area contributed by atoms with E-state index in [2.05, 4.69) is 9.97 Å². The van der Waals surface area contributed by atoms with Gasteiger partial charge in [0.2, 0.25) is 0 Å². The standard InChI is InChI=1S/C11H17N3O/c12-7-9-6-10(14-11(15)13-9)8-4-2-1-3-5-8/h6,8H,1-5,7,12H2,(H,13,14,15). The summed E-state index contributed by atoms with van der Waals surface area (Å²) in [6.07, 6.45) is 6.11. The van der Waals surface area contributed by atoms with E-state index < -0.39 is 0 Å². The van der Waals surface area contributed by atoms with Crippen LogP contribution in [-0.2, 0) is 6.54 Å². The number of H-pyrrole nitrogens is 1.